The standard InChI is InChI=1S/C28H33NO4.C22H23NO2/c1-6-20(2)16-25(30)32-18-28(4,5)19-33-27(31)24(17-29)26(22-10-8-7-9-11-22)23-14-12-21(3)13-15-23;1-4-16(2)15-25-22(24)20(14-23)21(18-8-6-5-7-9-18)19-12-10-17(3)11-13-19/h7-15,20H,6,16,18-19H2,1-5H3;5-13,16H,4,15H2,1-3H3/b26-24-;21-20-. The zero-order valence-electron chi connectivity index (χ0n) is 35.1. The summed E-state index contributed by atoms with van der Waals surface area (Å²) < 4.78 is 16.3. The van der Waals surface area contributed by atoms with Crippen LogP contribution in [0.25, 0.3) is 11.1 Å². The fraction of sp³-hybridized carbons (Fsp3) is 0.340. The van der Waals surface area contributed by atoms with E-state index in [1.807, 2.05) is 171 Å². The summed E-state index contributed by atoms with van der Waals surface area (Å²) in [7, 11) is 0. The summed E-state index contributed by atoms with van der Waals surface area (Å²) in [4.78, 5) is 37.5. The molecule has 4 rings (SSSR count). The molecule has 0 heterocycles. The third-order valence-corrected chi connectivity index (χ3v) is 9.56. The first kappa shape index (κ1) is 46.1. The Balaban J connectivity index is 0.000000322. The van der Waals surface area contributed by atoms with E-state index < -0.39 is 17.4 Å². The molecule has 0 aliphatic heterocycles. The van der Waals surface area contributed by atoms with Crippen molar-refractivity contribution in [3.63, 3.8) is 0 Å². The van der Waals surface area contributed by atoms with Crippen LogP contribution in [0.2, 0.25) is 0 Å². The highest BCUT2D eigenvalue weighted by atomic mass is 16.5. The molecular formula is C50H56N2O6. The molecule has 0 aliphatic carbocycles. The van der Waals surface area contributed by atoms with Crippen LogP contribution in [0, 0.1) is 53.8 Å². The van der Waals surface area contributed by atoms with Crippen molar-refractivity contribution in [2.24, 2.45) is 17.3 Å². The Morgan fingerprint density at radius 1 is 0.569 bits per heavy atom. The lowest BCUT2D eigenvalue weighted by Crippen LogP contribution is -2.29. The van der Waals surface area contributed by atoms with Crippen LogP contribution in [0.15, 0.2) is 120 Å². The summed E-state index contributed by atoms with van der Waals surface area (Å²) >= 11 is 0. The molecule has 0 fully saturated rings. The second-order valence-corrected chi connectivity index (χ2v) is 15.4. The Hall–Kier alpha value is -6.25. The summed E-state index contributed by atoms with van der Waals surface area (Å²) in [6.07, 6.45) is 2.19. The molecule has 0 bridgehead atoms. The van der Waals surface area contributed by atoms with Gasteiger partial charge in [0, 0.05) is 23.0 Å². The summed E-state index contributed by atoms with van der Waals surface area (Å²) in [5.74, 6) is -0.992. The Morgan fingerprint density at radius 2 is 0.948 bits per heavy atom. The van der Waals surface area contributed by atoms with E-state index in [-0.39, 0.29) is 42.2 Å². The first-order valence-electron chi connectivity index (χ1n) is 19.8. The second-order valence-electron chi connectivity index (χ2n) is 15.4. The lowest BCUT2D eigenvalue weighted by Gasteiger charge is -2.24. The fourth-order valence-electron chi connectivity index (χ4n) is 5.51. The maximum absolute atomic E-state index is 13.0. The molecule has 0 amide bonds. The number of nitriles is 2. The van der Waals surface area contributed by atoms with Gasteiger partial charge in [-0.25, -0.2) is 9.59 Å². The number of benzene rings is 4. The van der Waals surface area contributed by atoms with Gasteiger partial charge in [-0.3, -0.25) is 4.79 Å². The molecular weight excluding hydrogens is 725 g/mol. The predicted octanol–water partition coefficient (Wildman–Crippen LogP) is 10.8. The average Bonchev–Trinajstić information content (AvgIpc) is 3.23. The van der Waals surface area contributed by atoms with Crippen molar-refractivity contribution in [1.82, 2.24) is 0 Å². The predicted molar refractivity (Wildman–Crippen MR) is 229 cm³/mol. The summed E-state index contributed by atoms with van der Waals surface area (Å²) in [5.41, 5.74) is 5.90. The van der Waals surface area contributed by atoms with Gasteiger partial charge in [0.05, 0.1) is 13.2 Å². The third kappa shape index (κ3) is 14.4. The quantitative estimate of drug-likeness (QED) is 0.0476. The van der Waals surface area contributed by atoms with Gasteiger partial charge in [-0.15, -0.1) is 0 Å². The largest absolute Gasteiger partial charge is 0.465 e. The molecule has 4 aromatic carbocycles. The number of hydrogen-bond acceptors (Lipinski definition) is 8. The van der Waals surface area contributed by atoms with Gasteiger partial charge >= 0.3 is 17.9 Å². The number of nitrogens with zero attached hydrogens (tertiary/aromatic N) is 2. The van der Waals surface area contributed by atoms with Gasteiger partial charge in [0.1, 0.15) is 29.9 Å². The van der Waals surface area contributed by atoms with E-state index in [9.17, 15) is 24.9 Å². The molecule has 0 spiro atoms. The smallest absolute Gasteiger partial charge is 0.349 e. The van der Waals surface area contributed by atoms with Crippen molar-refractivity contribution in [3.8, 4) is 12.1 Å². The number of esters is 3. The zero-order chi connectivity index (χ0) is 42.7. The Labute approximate surface area is 344 Å². The van der Waals surface area contributed by atoms with Crippen molar-refractivity contribution in [3.05, 3.63) is 154 Å². The normalized spacial score (nSPS) is 12.8. The van der Waals surface area contributed by atoms with E-state index in [0.717, 1.165) is 46.2 Å². The van der Waals surface area contributed by atoms with E-state index >= 15 is 0 Å². The van der Waals surface area contributed by atoms with Crippen LogP contribution in [-0.2, 0) is 28.6 Å². The number of rotatable bonds is 16. The minimum absolute atomic E-state index is 0.0175. The van der Waals surface area contributed by atoms with Crippen LogP contribution in [0.4, 0.5) is 0 Å². The molecule has 0 aliphatic rings. The molecule has 302 valence electrons. The second kappa shape index (κ2) is 23.1. The molecule has 8 heteroatoms. The number of hydrogen-bond donors (Lipinski definition) is 0. The number of aryl methyl sites for hydroxylation is 2. The van der Waals surface area contributed by atoms with Gasteiger partial charge in [-0.05, 0) is 47.9 Å². The van der Waals surface area contributed by atoms with Gasteiger partial charge in [0.2, 0.25) is 0 Å². The minimum atomic E-state index is -0.698. The van der Waals surface area contributed by atoms with Crippen molar-refractivity contribution < 1.29 is 28.6 Å². The fourth-order valence-corrected chi connectivity index (χ4v) is 5.51. The molecule has 2 unspecified atom stereocenters. The molecule has 0 N–H and O–H groups in total. The van der Waals surface area contributed by atoms with Crippen molar-refractivity contribution in [2.75, 3.05) is 19.8 Å². The van der Waals surface area contributed by atoms with Crippen LogP contribution in [0.1, 0.15) is 94.2 Å². The number of carbonyl (C=O) groups excluding carboxylic acids is 3. The van der Waals surface area contributed by atoms with Gasteiger partial charge < -0.3 is 14.2 Å². The van der Waals surface area contributed by atoms with Crippen LogP contribution in [-0.4, -0.2) is 37.7 Å². The van der Waals surface area contributed by atoms with Gasteiger partial charge in [0.25, 0.3) is 0 Å². The van der Waals surface area contributed by atoms with Crippen molar-refractivity contribution in [2.45, 2.75) is 74.7 Å². The average molecular weight is 781 g/mol. The van der Waals surface area contributed by atoms with Crippen LogP contribution < -0.4 is 0 Å². The van der Waals surface area contributed by atoms with Crippen LogP contribution >= 0.6 is 0 Å². The minimum Gasteiger partial charge on any atom is -0.465 e. The molecule has 8 nitrogen and oxygen atoms in total. The molecule has 4 aromatic rings. The van der Waals surface area contributed by atoms with Crippen molar-refractivity contribution in [1.29, 1.82) is 10.5 Å². The lowest BCUT2D eigenvalue weighted by molar-refractivity contribution is -0.151. The van der Waals surface area contributed by atoms with Gasteiger partial charge in [-0.2, -0.15) is 10.5 Å². The molecule has 2 atom stereocenters. The maximum atomic E-state index is 13.0. The van der Waals surface area contributed by atoms with E-state index in [0.29, 0.717) is 24.2 Å². The highest BCUT2D eigenvalue weighted by Crippen LogP contribution is 2.30. The summed E-state index contributed by atoms with van der Waals surface area (Å²) in [6, 6.07) is 38.4. The maximum Gasteiger partial charge on any atom is 0.349 e. The summed E-state index contributed by atoms with van der Waals surface area (Å²) in [6.45, 7) is 16.2. The highest BCUT2D eigenvalue weighted by molar-refractivity contribution is 6.06. The van der Waals surface area contributed by atoms with E-state index in [1.54, 1.807) is 0 Å². The van der Waals surface area contributed by atoms with Gasteiger partial charge in [-0.1, -0.05) is 175 Å². The summed E-state index contributed by atoms with van der Waals surface area (Å²) in [5, 5.41) is 19.5. The molecule has 0 aromatic heterocycles. The monoisotopic (exact) mass is 780 g/mol. The highest BCUT2D eigenvalue weighted by Gasteiger charge is 2.26. The van der Waals surface area contributed by atoms with E-state index in [1.165, 1.54) is 0 Å². The molecule has 0 saturated carbocycles. The lowest BCUT2D eigenvalue weighted by atomic mass is 9.92. The van der Waals surface area contributed by atoms with Crippen molar-refractivity contribution >= 4 is 29.1 Å². The Morgan fingerprint density at radius 3 is 1.34 bits per heavy atom. The first-order chi connectivity index (χ1) is 27.7. The van der Waals surface area contributed by atoms with E-state index in [4.69, 9.17) is 14.2 Å². The Kier molecular flexibility index (Phi) is 18.4. The third-order valence-electron chi connectivity index (χ3n) is 9.56. The van der Waals surface area contributed by atoms with Crippen LogP contribution in [0.5, 0.6) is 0 Å². The molecule has 0 radical (unpaired) electrons. The SMILES string of the molecule is CCC(C)CC(=O)OCC(C)(C)COC(=O)/C(C#N)=C(/c1ccccc1)c1ccc(C)cc1.CCC(C)COC(=O)/C(C#N)=C(/c1ccccc1)c1ccc(C)cc1. The first-order valence-corrected chi connectivity index (χ1v) is 19.8. The number of ether oxygens (including phenoxy) is 3. The van der Waals surface area contributed by atoms with Crippen LogP contribution in [0.3, 0.4) is 0 Å². The molecule has 0 saturated heterocycles. The Bertz CT molecular complexity index is 2100. The zero-order valence-corrected chi connectivity index (χ0v) is 35.1. The van der Waals surface area contributed by atoms with E-state index in [2.05, 4.69) is 6.07 Å². The molecule has 58 heavy (non-hydrogen) atoms. The topological polar surface area (TPSA) is 126 Å². The van der Waals surface area contributed by atoms with Gasteiger partial charge in [0.15, 0.2) is 0 Å². The number of carbonyl (C=O) groups is 3.